The van der Waals surface area contributed by atoms with Crippen molar-refractivity contribution >= 4 is 11.5 Å². The van der Waals surface area contributed by atoms with Gasteiger partial charge in [-0.25, -0.2) is 4.98 Å². The van der Waals surface area contributed by atoms with Crippen LogP contribution in [-0.2, 0) is 0 Å². The predicted octanol–water partition coefficient (Wildman–Crippen LogP) is 2.62. The van der Waals surface area contributed by atoms with Gasteiger partial charge in [-0.1, -0.05) is 13.0 Å². The predicted molar refractivity (Wildman–Crippen MR) is 78.8 cm³/mol. The summed E-state index contributed by atoms with van der Waals surface area (Å²) >= 11 is 0. The van der Waals surface area contributed by atoms with Crippen LogP contribution in [0.1, 0.15) is 37.7 Å². The summed E-state index contributed by atoms with van der Waals surface area (Å²) in [5.74, 6) is 1.72. The molecule has 0 aliphatic carbocycles. The van der Waals surface area contributed by atoms with Crippen molar-refractivity contribution in [3.63, 3.8) is 0 Å². The maximum absolute atomic E-state index is 4.39. The number of hydrogen-bond acceptors (Lipinski definition) is 3. The molecule has 19 heavy (non-hydrogen) atoms. The Labute approximate surface area is 114 Å². The maximum Gasteiger partial charge on any atom is 0.138 e. The number of piperidine rings is 1. The highest BCUT2D eigenvalue weighted by molar-refractivity contribution is 5.51. The summed E-state index contributed by atoms with van der Waals surface area (Å²) in [6.45, 7) is 3.39. The highest BCUT2D eigenvalue weighted by Gasteiger charge is 2.22. The molecule has 0 bridgehead atoms. The summed E-state index contributed by atoms with van der Waals surface area (Å²) in [6, 6.07) is 5.03. The lowest BCUT2D eigenvalue weighted by Crippen LogP contribution is -2.36. The van der Waals surface area contributed by atoms with Crippen LogP contribution in [0.25, 0.3) is 5.65 Å². The normalized spacial score (nSPS) is 23.7. The molecule has 2 atom stereocenters. The van der Waals surface area contributed by atoms with E-state index in [0.717, 1.165) is 18.0 Å². The third kappa shape index (κ3) is 2.32. The van der Waals surface area contributed by atoms with Crippen LogP contribution in [0.2, 0.25) is 0 Å². The molecule has 1 saturated heterocycles. The third-order valence-corrected chi connectivity index (χ3v) is 4.24. The fourth-order valence-corrected chi connectivity index (χ4v) is 3.04. The molecule has 3 rings (SSSR count). The minimum atomic E-state index is 0.668. The lowest BCUT2D eigenvalue weighted by molar-refractivity contribution is 0.354. The van der Waals surface area contributed by atoms with Crippen LogP contribution in [0, 0.1) is 0 Å². The van der Waals surface area contributed by atoms with Crippen LogP contribution in [-0.4, -0.2) is 29.0 Å². The number of fused-ring (bicyclic) bond motifs is 1. The molecule has 0 aromatic carbocycles. The molecule has 2 unspecified atom stereocenters. The van der Waals surface area contributed by atoms with E-state index in [-0.39, 0.29) is 0 Å². The van der Waals surface area contributed by atoms with Gasteiger partial charge < -0.3 is 10.6 Å². The molecular weight excluding hydrogens is 236 g/mol. The lowest BCUT2D eigenvalue weighted by atomic mass is 9.86. The van der Waals surface area contributed by atoms with E-state index in [9.17, 15) is 0 Å². The Bertz CT molecular complexity index is 560. The van der Waals surface area contributed by atoms with Gasteiger partial charge in [0.25, 0.3) is 0 Å². The molecule has 2 aromatic heterocycles. The van der Waals surface area contributed by atoms with Crippen LogP contribution in [0.5, 0.6) is 0 Å². The lowest BCUT2D eigenvalue weighted by Gasteiger charge is -2.30. The highest BCUT2D eigenvalue weighted by Crippen LogP contribution is 2.29. The van der Waals surface area contributed by atoms with Crippen LogP contribution >= 0.6 is 0 Å². The smallest absolute Gasteiger partial charge is 0.138 e. The molecule has 1 aliphatic rings. The van der Waals surface area contributed by atoms with Gasteiger partial charge in [0, 0.05) is 19.3 Å². The summed E-state index contributed by atoms with van der Waals surface area (Å²) in [7, 11) is 1.94. The Morgan fingerprint density at radius 2 is 2.37 bits per heavy atom. The van der Waals surface area contributed by atoms with Crippen molar-refractivity contribution in [3.05, 3.63) is 30.1 Å². The Hall–Kier alpha value is -1.55. The second-order valence-corrected chi connectivity index (χ2v) is 5.36. The molecule has 102 valence electrons. The summed E-state index contributed by atoms with van der Waals surface area (Å²) in [4.78, 5) is 4.39. The van der Waals surface area contributed by atoms with Gasteiger partial charge in [-0.2, -0.15) is 0 Å². The average Bonchev–Trinajstić information content (AvgIpc) is 2.89. The first kappa shape index (κ1) is 12.5. The number of hydrogen-bond donors (Lipinski definition) is 2. The molecule has 0 saturated carbocycles. The molecule has 2 N–H and O–H groups in total. The van der Waals surface area contributed by atoms with Crippen molar-refractivity contribution in [3.8, 4) is 0 Å². The summed E-state index contributed by atoms with van der Waals surface area (Å²) < 4.78 is 2.15. The fourth-order valence-electron chi connectivity index (χ4n) is 3.04. The van der Waals surface area contributed by atoms with Gasteiger partial charge in [0.2, 0.25) is 0 Å². The van der Waals surface area contributed by atoms with E-state index in [2.05, 4.69) is 45.3 Å². The summed E-state index contributed by atoms with van der Waals surface area (Å²) in [5, 5.41) is 6.78. The Balaban J connectivity index is 1.91. The monoisotopic (exact) mass is 258 g/mol. The van der Waals surface area contributed by atoms with E-state index in [1.54, 1.807) is 0 Å². The minimum absolute atomic E-state index is 0.668. The van der Waals surface area contributed by atoms with Gasteiger partial charge in [0.15, 0.2) is 0 Å². The van der Waals surface area contributed by atoms with Crippen molar-refractivity contribution < 1.29 is 0 Å². The molecule has 1 fully saturated rings. The number of pyridine rings is 1. The second kappa shape index (κ2) is 5.21. The fraction of sp³-hybridized carbons (Fsp3) is 0.533. The van der Waals surface area contributed by atoms with Gasteiger partial charge in [0.05, 0.1) is 6.20 Å². The zero-order chi connectivity index (χ0) is 13.2. The number of nitrogens with zero attached hydrogens (tertiary/aromatic N) is 2. The van der Waals surface area contributed by atoms with Crippen LogP contribution < -0.4 is 10.6 Å². The largest absolute Gasteiger partial charge is 0.373 e. The Kier molecular flexibility index (Phi) is 3.42. The van der Waals surface area contributed by atoms with E-state index in [0.29, 0.717) is 12.0 Å². The molecule has 3 heterocycles. The van der Waals surface area contributed by atoms with Crippen LogP contribution in [0.15, 0.2) is 24.5 Å². The van der Waals surface area contributed by atoms with Crippen molar-refractivity contribution in [1.29, 1.82) is 0 Å². The van der Waals surface area contributed by atoms with Crippen molar-refractivity contribution in [2.75, 3.05) is 18.9 Å². The number of rotatable bonds is 3. The molecule has 4 heteroatoms. The third-order valence-electron chi connectivity index (χ3n) is 4.24. The van der Waals surface area contributed by atoms with E-state index < -0.39 is 0 Å². The van der Waals surface area contributed by atoms with Gasteiger partial charge >= 0.3 is 0 Å². The first-order valence-electron chi connectivity index (χ1n) is 7.20. The van der Waals surface area contributed by atoms with Gasteiger partial charge in [-0.05, 0) is 43.4 Å². The number of imidazole rings is 1. The van der Waals surface area contributed by atoms with Crippen molar-refractivity contribution in [1.82, 2.24) is 14.7 Å². The molecule has 0 radical (unpaired) electrons. The number of nitrogens with one attached hydrogen (secondary N) is 2. The summed E-state index contributed by atoms with van der Waals surface area (Å²) in [5.41, 5.74) is 2.44. The molecule has 1 aliphatic heterocycles. The molecule has 2 aromatic rings. The average molecular weight is 258 g/mol. The maximum atomic E-state index is 4.39. The van der Waals surface area contributed by atoms with Crippen molar-refractivity contribution in [2.24, 2.45) is 0 Å². The van der Waals surface area contributed by atoms with Crippen molar-refractivity contribution in [2.45, 2.75) is 38.1 Å². The Morgan fingerprint density at radius 3 is 3.16 bits per heavy atom. The van der Waals surface area contributed by atoms with Gasteiger partial charge in [-0.3, -0.25) is 4.40 Å². The zero-order valence-electron chi connectivity index (χ0n) is 11.7. The van der Waals surface area contributed by atoms with E-state index >= 15 is 0 Å². The van der Waals surface area contributed by atoms with Crippen LogP contribution in [0.3, 0.4) is 0 Å². The molecule has 0 amide bonds. The second-order valence-electron chi connectivity index (χ2n) is 5.36. The number of anilines is 1. The zero-order valence-corrected chi connectivity index (χ0v) is 11.7. The topological polar surface area (TPSA) is 41.4 Å². The van der Waals surface area contributed by atoms with Gasteiger partial charge in [0.1, 0.15) is 11.5 Å². The molecular formula is C15H22N4. The Morgan fingerprint density at radius 1 is 1.47 bits per heavy atom. The van der Waals surface area contributed by atoms with E-state index in [1.165, 1.54) is 24.8 Å². The van der Waals surface area contributed by atoms with Gasteiger partial charge in [-0.15, -0.1) is 0 Å². The van der Waals surface area contributed by atoms with Crippen LogP contribution in [0.4, 0.5) is 5.82 Å². The minimum Gasteiger partial charge on any atom is -0.373 e. The number of aromatic nitrogens is 2. The van der Waals surface area contributed by atoms with E-state index in [4.69, 9.17) is 0 Å². The quantitative estimate of drug-likeness (QED) is 0.889. The first-order valence-corrected chi connectivity index (χ1v) is 7.20. The summed E-state index contributed by atoms with van der Waals surface area (Å²) in [6.07, 6.45) is 7.82. The molecule has 0 spiro atoms. The standard InChI is InChI=1S/C15H22N4/c1-3-13-8-11(6-7-17-13)12-4-5-14-18-9-15(16-2)19(14)10-12/h4-5,9-11,13,16-17H,3,6-8H2,1-2H3. The SMILES string of the molecule is CCC1CC(c2ccc3ncc(NC)n3c2)CCN1. The van der Waals surface area contributed by atoms with E-state index in [1.807, 2.05) is 13.2 Å². The highest BCUT2D eigenvalue weighted by atomic mass is 15.1. The first-order chi connectivity index (χ1) is 9.31. The molecule has 4 nitrogen and oxygen atoms in total.